The molecule has 9 heteroatoms. The van der Waals surface area contributed by atoms with E-state index in [1.807, 2.05) is 48.1 Å². The number of ether oxygens (including phenoxy) is 2. The van der Waals surface area contributed by atoms with Crippen LogP contribution in [0.25, 0.3) is 10.9 Å². The number of methoxy groups -OCH3 is 2. The van der Waals surface area contributed by atoms with Crippen LogP contribution in [0, 0.1) is 0 Å². The van der Waals surface area contributed by atoms with E-state index in [-0.39, 0.29) is 0 Å². The number of imidazole rings is 1. The van der Waals surface area contributed by atoms with Crippen LogP contribution in [0.1, 0.15) is 0 Å². The number of hydrogen-bond acceptors (Lipinski definition) is 7. The fourth-order valence-electron chi connectivity index (χ4n) is 2.76. The molecule has 7 nitrogen and oxygen atoms in total. The van der Waals surface area contributed by atoms with Gasteiger partial charge in [-0.25, -0.2) is 15.0 Å². The third-order valence-electron chi connectivity index (χ3n) is 4.25. The normalized spacial score (nSPS) is 10.9. The van der Waals surface area contributed by atoms with Crippen molar-refractivity contribution in [2.24, 2.45) is 7.05 Å². The van der Waals surface area contributed by atoms with Crippen molar-refractivity contribution >= 4 is 45.9 Å². The summed E-state index contributed by atoms with van der Waals surface area (Å²) in [7, 11) is 5.14. The summed E-state index contributed by atoms with van der Waals surface area (Å²) in [5.74, 6) is 1.71. The van der Waals surface area contributed by atoms with E-state index >= 15 is 0 Å². The van der Waals surface area contributed by atoms with E-state index in [1.54, 1.807) is 26.6 Å². The third kappa shape index (κ3) is 4.08. The van der Waals surface area contributed by atoms with Crippen LogP contribution in [0.5, 0.6) is 11.5 Å². The van der Waals surface area contributed by atoms with Gasteiger partial charge in [-0.3, -0.25) is 0 Å². The molecule has 0 unspecified atom stereocenters. The molecule has 0 fully saturated rings. The zero-order valence-corrected chi connectivity index (χ0v) is 17.6. The summed E-state index contributed by atoms with van der Waals surface area (Å²) >= 11 is 7.97. The summed E-state index contributed by atoms with van der Waals surface area (Å²) in [5, 5.41) is 5.54. The first kappa shape index (κ1) is 19.4. The Kier molecular flexibility index (Phi) is 5.46. The Balaban J connectivity index is 1.57. The number of halogens is 1. The van der Waals surface area contributed by atoms with Crippen molar-refractivity contribution in [3.8, 4) is 11.5 Å². The zero-order valence-electron chi connectivity index (χ0n) is 16.0. The van der Waals surface area contributed by atoms with Gasteiger partial charge in [0.25, 0.3) is 0 Å². The second kappa shape index (κ2) is 8.18. The van der Waals surface area contributed by atoms with E-state index in [0.717, 1.165) is 26.6 Å². The zero-order chi connectivity index (χ0) is 20.4. The lowest BCUT2D eigenvalue weighted by Gasteiger charge is -2.11. The summed E-state index contributed by atoms with van der Waals surface area (Å²) in [6, 6.07) is 9.38. The fourth-order valence-corrected chi connectivity index (χ4v) is 3.86. The molecule has 1 N–H and O–H groups in total. The van der Waals surface area contributed by atoms with Crippen molar-refractivity contribution in [3.05, 3.63) is 53.9 Å². The summed E-state index contributed by atoms with van der Waals surface area (Å²) in [6.07, 6.45) is 5.39. The molecule has 0 amide bonds. The quantitative estimate of drug-likeness (QED) is 0.467. The molecule has 29 heavy (non-hydrogen) atoms. The molecule has 0 aliphatic heterocycles. The average molecular weight is 428 g/mol. The number of anilines is 2. The van der Waals surface area contributed by atoms with Gasteiger partial charge in [0.1, 0.15) is 0 Å². The summed E-state index contributed by atoms with van der Waals surface area (Å²) < 4.78 is 12.6. The van der Waals surface area contributed by atoms with Gasteiger partial charge in [0, 0.05) is 47.7 Å². The minimum atomic E-state index is 0.463. The average Bonchev–Trinajstić information content (AvgIpc) is 3.13. The van der Waals surface area contributed by atoms with E-state index in [2.05, 4.69) is 20.3 Å². The lowest BCUT2D eigenvalue weighted by molar-refractivity contribution is 0.356. The van der Waals surface area contributed by atoms with Gasteiger partial charge >= 0.3 is 0 Å². The van der Waals surface area contributed by atoms with Gasteiger partial charge in [-0.1, -0.05) is 23.4 Å². The van der Waals surface area contributed by atoms with Crippen molar-refractivity contribution in [1.29, 1.82) is 0 Å². The first-order chi connectivity index (χ1) is 14.1. The van der Waals surface area contributed by atoms with Crippen LogP contribution >= 0.6 is 23.4 Å². The monoisotopic (exact) mass is 427 g/mol. The van der Waals surface area contributed by atoms with Crippen molar-refractivity contribution in [1.82, 2.24) is 19.5 Å². The smallest absolute Gasteiger partial charge is 0.227 e. The Morgan fingerprint density at radius 2 is 1.86 bits per heavy atom. The van der Waals surface area contributed by atoms with E-state index in [9.17, 15) is 0 Å². The highest BCUT2D eigenvalue weighted by Crippen LogP contribution is 2.35. The molecule has 0 saturated carbocycles. The highest BCUT2D eigenvalue weighted by molar-refractivity contribution is 7.99. The minimum absolute atomic E-state index is 0.463. The van der Waals surface area contributed by atoms with Gasteiger partial charge in [0.15, 0.2) is 16.7 Å². The second-order valence-corrected chi connectivity index (χ2v) is 7.57. The fraction of sp³-hybridized carbons (Fsp3) is 0.150. The molecule has 0 spiro atoms. The topological polar surface area (TPSA) is 74.1 Å². The summed E-state index contributed by atoms with van der Waals surface area (Å²) in [5.41, 5.74) is 1.53. The van der Waals surface area contributed by atoms with Gasteiger partial charge in [-0.05, 0) is 24.3 Å². The lowest BCUT2D eigenvalue weighted by Crippen LogP contribution is -1.98. The van der Waals surface area contributed by atoms with Crippen molar-refractivity contribution < 1.29 is 9.47 Å². The molecule has 2 heterocycles. The van der Waals surface area contributed by atoms with Crippen molar-refractivity contribution in [3.63, 3.8) is 0 Å². The summed E-state index contributed by atoms with van der Waals surface area (Å²) in [4.78, 5) is 14.2. The Bertz CT molecular complexity index is 1180. The number of hydrogen-bond donors (Lipinski definition) is 1. The molecule has 0 saturated heterocycles. The molecule has 4 aromatic rings. The first-order valence-corrected chi connectivity index (χ1v) is 9.87. The number of rotatable bonds is 6. The Morgan fingerprint density at radius 1 is 1.07 bits per heavy atom. The van der Waals surface area contributed by atoms with Gasteiger partial charge in [-0.15, -0.1) is 0 Å². The van der Waals surface area contributed by atoms with E-state index in [1.165, 1.54) is 11.8 Å². The van der Waals surface area contributed by atoms with E-state index in [4.69, 9.17) is 21.1 Å². The van der Waals surface area contributed by atoms with Crippen LogP contribution in [0.2, 0.25) is 5.02 Å². The lowest BCUT2D eigenvalue weighted by atomic mass is 10.2. The Morgan fingerprint density at radius 3 is 2.55 bits per heavy atom. The number of aryl methyl sites for hydroxylation is 1. The Labute approximate surface area is 177 Å². The molecule has 0 aliphatic rings. The highest BCUT2D eigenvalue weighted by Gasteiger charge is 2.10. The molecular weight excluding hydrogens is 410 g/mol. The number of nitrogens with zero attached hydrogens (tertiary/aromatic N) is 4. The number of fused-ring (bicyclic) bond motifs is 1. The van der Waals surface area contributed by atoms with Gasteiger partial charge in [0.05, 0.1) is 24.8 Å². The highest BCUT2D eigenvalue weighted by atomic mass is 35.5. The second-order valence-electron chi connectivity index (χ2n) is 6.15. The molecule has 0 radical (unpaired) electrons. The molecule has 148 valence electrons. The number of nitrogens with one attached hydrogen (secondary N) is 1. The third-order valence-corrected chi connectivity index (χ3v) is 5.83. The van der Waals surface area contributed by atoms with Gasteiger partial charge < -0.3 is 19.4 Å². The molecule has 0 aliphatic carbocycles. The number of aromatic nitrogens is 4. The summed E-state index contributed by atoms with van der Waals surface area (Å²) in [6.45, 7) is 0. The molecule has 2 aromatic heterocycles. The maximum atomic E-state index is 6.46. The molecule has 4 rings (SSSR count). The predicted molar refractivity (Wildman–Crippen MR) is 115 cm³/mol. The SMILES string of the molecule is COc1cc2cnc(Nc3ccc(Sc4nccn4C)c(Cl)c3)nc2cc1OC. The standard InChI is InChI=1S/C20H18ClN5O2S/c1-26-7-6-22-20(26)29-18-5-4-13(9-14(18)21)24-19-23-11-12-8-16(27-2)17(28-3)10-15(12)25-19/h4-11H,1-3H3,(H,23,24,25). The van der Waals surface area contributed by atoms with Crippen molar-refractivity contribution in [2.75, 3.05) is 19.5 Å². The maximum Gasteiger partial charge on any atom is 0.227 e. The van der Waals surface area contributed by atoms with Crippen LogP contribution in [0.4, 0.5) is 11.6 Å². The van der Waals surface area contributed by atoms with Crippen molar-refractivity contribution in [2.45, 2.75) is 10.1 Å². The van der Waals surface area contributed by atoms with Crippen LogP contribution in [-0.4, -0.2) is 33.7 Å². The van der Waals surface area contributed by atoms with Gasteiger partial charge in [-0.2, -0.15) is 0 Å². The molecule has 2 aromatic carbocycles. The van der Waals surface area contributed by atoms with Crippen LogP contribution in [-0.2, 0) is 7.05 Å². The van der Waals surface area contributed by atoms with Crippen LogP contribution < -0.4 is 14.8 Å². The molecule has 0 bridgehead atoms. The maximum absolute atomic E-state index is 6.46. The van der Waals surface area contributed by atoms with Crippen LogP contribution in [0.3, 0.4) is 0 Å². The number of benzene rings is 2. The van der Waals surface area contributed by atoms with Crippen LogP contribution in [0.15, 0.2) is 59.0 Å². The van der Waals surface area contributed by atoms with E-state index in [0.29, 0.717) is 22.5 Å². The first-order valence-electron chi connectivity index (χ1n) is 8.68. The minimum Gasteiger partial charge on any atom is -0.493 e. The largest absolute Gasteiger partial charge is 0.493 e. The predicted octanol–water partition coefficient (Wildman–Crippen LogP) is 4.93. The Hall–Kier alpha value is -2.97. The molecular formula is C20H18ClN5O2S. The van der Waals surface area contributed by atoms with E-state index < -0.39 is 0 Å². The van der Waals surface area contributed by atoms with Gasteiger partial charge in [0.2, 0.25) is 5.95 Å². The molecule has 0 atom stereocenters.